The van der Waals surface area contributed by atoms with E-state index in [2.05, 4.69) is 29.7 Å². The molecule has 1 aromatic rings. The van der Waals surface area contributed by atoms with Crippen molar-refractivity contribution in [3.05, 3.63) is 18.0 Å². The Bertz CT molecular complexity index is 240. The Morgan fingerprint density at radius 3 is 2.92 bits per heavy atom. The van der Waals surface area contributed by atoms with Gasteiger partial charge in [-0.05, 0) is 31.4 Å². The monoisotopic (exact) mass is 181 g/mol. The summed E-state index contributed by atoms with van der Waals surface area (Å²) >= 11 is 0. The highest BCUT2D eigenvalue weighted by atomic mass is 15.3. The van der Waals surface area contributed by atoms with Crippen LogP contribution in [0, 0.1) is 5.92 Å². The van der Waals surface area contributed by atoms with Crippen molar-refractivity contribution in [3.8, 4) is 0 Å². The number of hydrogen-bond donors (Lipinski definition) is 1. The highest BCUT2D eigenvalue weighted by molar-refractivity contribution is 5.00. The van der Waals surface area contributed by atoms with E-state index in [1.54, 1.807) is 0 Å². The van der Waals surface area contributed by atoms with Crippen LogP contribution < -0.4 is 5.73 Å². The smallest absolute Gasteiger partial charge is 0.0492 e. The van der Waals surface area contributed by atoms with Crippen LogP contribution in [-0.2, 0) is 13.0 Å². The fourth-order valence-corrected chi connectivity index (χ4v) is 1.37. The Hall–Kier alpha value is -0.830. The third-order valence-corrected chi connectivity index (χ3v) is 1.98. The molecule has 3 nitrogen and oxygen atoms in total. The Morgan fingerprint density at radius 1 is 1.54 bits per heavy atom. The summed E-state index contributed by atoms with van der Waals surface area (Å²) in [5, 5.41) is 4.29. The second-order valence-electron chi connectivity index (χ2n) is 3.79. The van der Waals surface area contributed by atoms with Gasteiger partial charge in [-0.25, -0.2) is 0 Å². The normalized spacial score (nSPS) is 11.1. The number of rotatable bonds is 5. The Labute approximate surface area is 79.9 Å². The molecule has 0 saturated heterocycles. The molecule has 0 aliphatic rings. The van der Waals surface area contributed by atoms with E-state index in [0.29, 0.717) is 5.92 Å². The van der Waals surface area contributed by atoms with Crippen LogP contribution in [0.25, 0.3) is 0 Å². The summed E-state index contributed by atoms with van der Waals surface area (Å²) in [5.74, 6) is 0.650. The van der Waals surface area contributed by atoms with E-state index in [0.717, 1.165) is 25.9 Å². The Kier molecular flexibility index (Phi) is 3.96. The summed E-state index contributed by atoms with van der Waals surface area (Å²) < 4.78 is 2.08. The van der Waals surface area contributed by atoms with Crippen LogP contribution in [0.1, 0.15) is 26.0 Å². The fraction of sp³-hybridized carbons (Fsp3) is 0.700. The van der Waals surface area contributed by atoms with Crippen LogP contribution in [0.3, 0.4) is 0 Å². The van der Waals surface area contributed by atoms with E-state index >= 15 is 0 Å². The molecule has 3 heteroatoms. The molecular weight excluding hydrogens is 162 g/mol. The van der Waals surface area contributed by atoms with Crippen LogP contribution in [-0.4, -0.2) is 16.3 Å². The number of nitrogens with zero attached hydrogens (tertiary/aromatic N) is 2. The molecule has 0 atom stereocenters. The van der Waals surface area contributed by atoms with Gasteiger partial charge in [0, 0.05) is 18.4 Å². The average molecular weight is 181 g/mol. The largest absolute Gasteiger partial charge is 0.330 e. The second kappa shape index (κ2) is 5.02. The summed E-state index contributed by atoms with van der Waals surface area (Å²) in [6, 6.07) is 2.08. The molecule has 1 aromatic heterocycles. The molecule has 1 rings (SSSR count). The zero-order valence-electron chi connectivity index (χ0n) is 8.53. The maximum absolute atomic E-state index is 5.47. The van der Waals surface area contributed by atoms with Gasteiger partial charge >= 0.3 is 0 Å². The lowest BCUT2D eigenvalue weighted by atomic mass is 10.2. The van der Waals surface area contributed by atoms with Gasteiger partial charge in [-0.3, -0.25) is 4.68 Å². The molecule has 0 radical (unpaired) electrons. The van der Waals surface area contributed by atoms with Crippen molar-refractivity contribution in [2.24, 2.45) is 11.7 Å². The minimum Gasteiger partial charge on any atom is -0.330 e. The number of aryl methyl sites for hydroxylation is 1. The third kappa shape index (κ3) is 3.19. The van der Waals surface area contributed by atoms with Gasteiger partial charge in [-0.2, -0.15) is 5.10 Å². The Morgan fingerprint density at radius 2 is 2.31 bits per heavy atom. The van der Waals surface area contributed by atoms with Crippen molar-refractivity contribution in [1.29, 1.82) is 0 Å². The van der Waals surface area contributed by atoms with Gasteiger partial charge in [0.1, 0.15) is 0 Å². The molecule has 0 unspecified atom stereocenters. The fourth-order valence-electron chi connectivity index (χ4n) is 1.37. The highest BCUT2D eigenvalue weighted by Crippen LogP contribution is 2.05. The van der Waals surface area contributed by atoms with Crippen LogP contribution in [0.15, 0.2) is 12.3 Å². The average Bonchev–Trinajstić information content (AvgIpc) is 2.48. The first kappa shape index (κ1) is 10.3. The molecule has 13 heavy (non-hydrogen) atoms. The van der Waals surface area contributed by atoms with Crippen LogP contribution in [0.5, 0.6) is 0 Å². The van der Waals surface area contributed by atoms with E-state index in [1.165, 1.54) is 5.69 Å². The lowest BCUT2D eigenvalue weighted by molar-refractivity contribution is 0.467. The molecule has 74 valence electrons. The summed E-state index contributed by atoms with van der Waals surface area (Å²) in [6.45, 7) is 6.17. The van der Waals surface area contributed by atoms with E-state index in [9.17, 15) is 0 Å². The van der Waals surface area contributed by atoms with Gasteiger partial charge < -0.3 is 5.73 Å². The van der Waals surface area contributed by atoms with E-state index < -0.39 is 0 Å². The van der Waals surface area contributed by atoms with Gasteiger partial charge in [0.2, 0.25) is 0 Å². The number of hydrogen-bond acceptors (Lipinski definition) is 2. The maximum Gasteiger partial charge on any atom is 0.0492 e. The quantitative estimate of drug-likeness (QED) is 0.746. The molecule has 0 bridgehead atoms. The van der Waals surface area contributed by atoms with Gasteiger partial charge in [0.05, 0.1) is 0 Å². The predicted octanol–water partition coefficient (Wildman–Crippen LogP) is 1.43. The molecule has 0 aliphatic heterocycles. The van der Waals surface area contributed by atoms with Crippen molar-refractivity contribution < 1.29 is 0 Å². The van der Waals surface area contributed by atoms with Crippen LogP contribution in [0.2, 0.25) is 0 Å². The zero-order chi connectivity index (χ0) is 9.68. The van der Waals surface area contributed by atoms with E-state index in [-0.39, 0.29) is 0 Å². The molecule has 0 aliphatic carbocycles. The third-order valence-electron chi connectivity index (χ3n) is 1.98. The molecule has 0 saturated carbocycles. The summed E-state index contributed by atoms with van der Waals surface area (Å²) in [6.07, 6.45) is 3.96. The summed E-state index contributed by atoms with van der Waals surface area (Å²) in [7, 11) is 0. The molecule has 2 N–H and O–H groups in total. The lowest BCUT2D eigenvalue weighted by Crippen LogP contribution is -2.11. The van der Waals surface area contributed by atoms with Crippen LogP contribution >= 0.6 is 0 Å². The molecular formula is C10H19N3. The SMILES string of the molecule is CC(C)Cn1nccc1CCCN. The van der Waals surface area contributed by atoms with Crippen LogP contribution in [0.4, 0.5) is 0 Å². The lowest BCUT2D eigenvalue weighted by Gasteiger charge is -2.09. The molecule has 1 heterocycles. The van der Waals surface area contributed by atoms with Crippen molar-refractivity contribution in [2.45, 2.75) is 33.2 Å². The van der Waals surface area contributed by atoms with Gasteiger partial charge in [-0.1, -0.05) is 13.8 Å². The minimum absolute atomic E-state index is 0.650. The predicted molar refractivity (Wildman–Crippen MR) is 54.4 cm³/mol. The topological polar surface area (TPSA) is 43.8 Å². The van der Waals surface area contributed by atoms with Gasteiger partial charge in [0.25, 0.3) is 0 Å². The van der Waals surface area contributed by atoms with E-state index in [1.807, 2.05) is 6.20 Å². The maximum atomic E-state index is 5.47. The van der Waals surface area contributed by atoms with Crippen molar-refractivity contribution in [1.82, 2.24) is 9.78 Å². The number of nitrogens with two attached hydrogens (primary N) is 1. The van der Waals surface area contributed by atoms with Crippen molar-refractivity contribution in [3.63, 3.8) is 0 Å². The zero-order valence-corrected chi connectivity index (χ0v) is 8.53. The summed E-state index contributed by atoms with van der Waals surface area (Å²) in [5.41, 5.74) is 6.77. The molecule has 0 amide bonds. The van der Waals surface area contributed by atoms with Gasteiger partial charge in [0.15, 0.2) is 0 Å². The minimum atomic E-state index is 0.650. The van der Waals surface area contributed by atoms with E-state index in [4.69, 9.17) is 5.73 Å². The first-order chi connectivity index (χ1) is 6.24. The second-order valence-corrected chi connectivity index (χ2v) is 3.79. The standard InChI is InChI=1S/C10H19N3/c1-9(2)8-13-10(4-3-6-11)5-7-12-13/h5,7,9H,3-4,6,8,11H2,1-2H3. The first-order valence-corrected chi connectivity index (χ1v) is 4.94. The number of aromatic nitrogens is 2. The highest BCUT2D eigenvalue weighted by Gasteiger charge is 2.03. The molecule has 0 fully saturated rings. The van der Waals surface area contributed by atoms with Crippen molar-refractivity contribution >= 4 is 0 Å². The molecule has 0 spiro atoms. The van der Waals surface area contributed by atoms with Crippen molar-refractivity contribution in [2.75, 3.05) is 6.54 Å². The Balaban J connectivity index is 2.55. The molecule has 0 aromatic carbocycles. The van der Waals surface area contributed by atoms with Gasteiger partial charge in [-0.15, -0.1) is 0 Å². The summed E-state index contributed by atoms with van der Waals surface area (Å²) in [4.78, 5) is 0. The first-order valence-electron chi connectivity index (χ1n) is 4.94.